The average molecular weight is 321 g/mol. The summed E-state index contributed by atoms with van der Waals surface area (Å²) in [5.41, 5.74) is 0. The average Bonchev–Trinajstić information content (AvgIpc) is 3.26. The third-order valence-corrected chi connectivity index (χ3v) is 5.38. The fraction of sp³-hybridized carbons (Fsp3) is 0.467. The van der Waals surface area contributed by atoms with Crippen LogP contribution < -0.4 is 4.74 Å². The molecule has 1 aromatic heterocycles. The molecular formula is C15H19N3O3S. The van der Waals surface area contributed by atoms with Crippen LogP contribution in [0.15, 0.2) is 29.2 Å². The number of benzene rings is 1. The third kappa shape index (κ3) is 2.99. The Morgan fingerprint density at radius 2 is 1.91 bits per heavy atom. The first-order chi connectivity index (χ1) is 10.5. The SMILES string of the molecule is CCOc1ccc(S(=O)(=O)Cc2nnc(C3CC3)n2C)cc1. The Bertz CT molecular complexity index is 762. The molecule has 0 spiro atoms. The zero-order chi connectivity index (χ0) is 15.7. The number of rotatable bonds is 6. The highest BCUT2D eigenvalue weighted by molar-refractivity contribution is 7.90. The quantitative estimate of drug-likeness (QED) is 0.814. The fourth-order valence-electron chi connectivity index (χ4n) is 2.36. The van der Waals surface area contributed by atoms with Crippen molar-refractivity contribution >= 4 is 9.84 Å². The lowest BCUT2D eigenvalue weighted by atomic mass is 10.3. The van der Waals surface area contributed by atoms with Crippen molar-refractivity contribution < 1.29 is 13.2 Å². The first kappa shape index (κ1) is 15.0. The van der Waals surface area contributed by atoms with E-state index in [4.69, 9.17) is 4.74 Å². The van der Waals surface area contributed by atoms with Gasteiger partial charge in [-0.2, -0.15) is 0 Å². The van der Waals surface area contributed by atoms with Crippen molar-refractivity contribution in [2.24, 2.45) is 7.05 Å². The van der Waals surface area contributed by atoms with Gasteiger partial charge in [-0.25, -0.2) is 8.42 Å². The summed E-state index contributed by atoms with van der Waals surface area (Å²) in [6.07, 6.45) is 2.22. The summed E-state index contributed by atoms with van der Waals surface area (Å²) >= 11 is 0. The van der Waals surface area contributed by atoms with Gasteiger partial charge in [-0.05, 0) is 44.0 Å². The Morgan fingerprint density at radius 3 is 2.50 bits per heavy atom. The summed E-state index contributed by atoms with van der Waals surface area (Å²) in [4.78, 5) is 0.270. The summed E-state index contributed by atoms with van der Waals surface area (Å²) < 4.78 is 32.1. The van der Waals surface area contributed by atoms with Gasteiger partial charge in [-0.1, -0.05) is 0 Å². The van der Waals surface area contributed by atoms with Crippen LogP contribution in [-0.4, -0.2) is 29.8 Å². The minimum absolute atomic E-state index is 0.142. The van der Waals surface area contributed by atoms with Crippen LogP contribution in [0.25, 0.3) is 0 Å². The Kier molecular flexibility index (Phi) is 3.90. The number of hydrogen-bond donors (Lipinski definition) is 0. The molecule has 0 radical (unpaired) electrons. The van der Waals surface area contributed by atoms with E-state index < -0.39 is 9.84 Å². The third-order valence-electron chi connectivity index (χ3n) is 3.75. The van der Waals surface area contributed by atoms with E-state index in [1.807, 2.05) is 18.5 Å². The second-order valence-corrected chi connectivity index (χ2v) is 7.46. The van der Waals surface area contributed by atoms with Gasteiger partial charge in [-0.15, -0.1) is 10.2 Å². The topological polar surface area (TPSA) is 74.1 Å². The lowest BCUT2D eigenvalue weighted by Crippen LogP contribution is -2.10. The molecule has 1 saturated carbocycles. The second-order valence-electron chi connectivity index (χ2n) is 5.47. The van der Waals surface area contributed by atoms with Gasteiger partial charge >= 0.3 is 0 Å². The monoisotopic (exact) mass is 321 g/mol. The predicted molar refractivity (Wildman–Crippen MR) is 81.5 cm³/mol. The largest absolute Gasteiger partial charge is 0.494 e. The van der Waals surface area contributed by atoms with Gasteiger partial charge in [0, 0.05) is 13.0 Å². The molecule has 1 fully saturated rings. The van der Waals surface area contributed by atoms with Gasteiger partial charge in [0.25, 0.3) is 0 Å². The number of nitrogens with zero attached hydrogens (tertiary/aromatic N) is 3. The van der Waals surface area contributed by atoms with Crippen LogP contribution in [0.1, 0.15) is 37.3 Å². The van der Waals surface area contributed by atoms with Crippen LogP contribution in [-0.2, 0) is 22.6 Å². The number of aromatic nitrogens is 3. The summed E-state index contributed by atoms with van der Waals surface area (Å²) in [7, 11) is -1.61. The first-order valence-corrected chi connectivity index (χ1v) is 9.00. The molecule has 3 rings (SSSR count). The molecule has 1 aromatic carbocycles. The van der Waals surface area contributed by atoms with E-state index in [1.165, 1.54) is 0 Å². The highest BCUT2D eigenvalue weighted by atomic mass is 32.2. The van der Waals surface area contributed by atoms with Crippen molar-refractivity contribution in [3.63, 3.8) is 0 Å². The summed E-state index contributed by atoms with van der Waals surface area (Å²) in [6.45, 7) is 2.44. The molecular weight excluding hydrogens is 302 g/mol. The van der Waals surface area contributed by atoms with E-state index >= 15 is 0 Å². The minimum atomic E-state index is -3.44. The molecule has 2 aromatic rings. The Labute approximate surface area is 130 Å². The summed E-state index contributed by atoms with van der Waals surface area (Å²) in [5.74, 6) is 2.33. The van der Waals surface area contributed by atoms with Gasteiger partial charge in [-0.3, -0.25) is 0 Å². The number of ether oxygens (including phenoxy) is 1. The van der Waals surface area contributed by atoms with Crippen molar-refractivity contribution in [2.45, 2.75) is 36.3 Å². The van der Waals surface area contributed by atoms with Crippen molar-refractivity contribution in [3.05, 3.63) is 35.9 Å². The molecule has 0 bridgehead atoms. The molecule has 0 N–H and O–H groups in total. The fourth-order valence-corrected chi connectivity index (χ4v) is 3.67. The van der Waals surface area contributed by atoms with E-state index in [1.54, 1.807) is 24.3 Å². The normalized spacial score (nSPS) is 15.0. The maximum absolute atomic E-state index is 12.5. The van der Waals surface area contributed by atoms with Crippen molar-refractivity contribution in [2.75, 3.05) is 6.61 Å². The van der Waals surface area contributed by atoms with Crippen molar-refractivity contribution in [1.82, 2.24) is 14.8 Å². The maximum atomic E-state index is 12.5. The molecule has 0 aliphatic heterocycles. The molecule has 0 atom stereocenters. The van der Waals surface area contributed by atoms with Gasteiger partial charge in [0.1, 0.15) is 23.2 Å². The lowest BCUT2D eigenvalue weighted by Gasteiger charge is -2.07. The molecule has 1 aliphatic rings. The minimum Gasteiger partial charge on any atom is -0.494 e. The van der Waals surface area contributed by atoms with Crippen molar-refractivity contribution in [1.29, 1.82) is 0 Å². The lowest BCUT2D eigenvalue weighted by molar-refractivity contribution is 0.340. The molecule has 22 heavy (non-hydrogen) atoms. The Hall–Kier alpha value is -1.89. The smallest absolute Gasteiger partial charge is 0.185 e. The molecule has 6 nitrogen and oxygen atoms in total. The number of hydrogen-bond acceptors (Lipinski definition) is 5. The molecule has 7 heteroatoms. The molecule has 0 saturated heterocycles. The summed E-state index contributed by atoms with van der Waals surface area (Å²) in [6, 6.07) is 6.47. The van der Waals surface area contributed by atoms with E-state index in [0.717, 1.165) is 18.7 Å². The summed E-state index contributed by atoms with van der Waals surface area (Å²) in [5, 5.41) is 8.17. The molecule has 1 aliphatic carbocycles. The van der Waals surface area contributed by atoms with E-state index in [2.05, 4.69) is 10.2 Å². The van der Waals surface area contributed by atoms with Crippen LogP contribution >= 0.6 is 0 Å². The van der Waals surface area contributed by atoms with Gasteiger partial charge in [0.05, 0.1) is 11.5 Å². The van der Waals surface area contributed by atoms with Crippen LogP contribution in [0.2, 0.25) is 0 Å². The number of sulfone groups is 1. The maximum Gasteiger partial charge on any atom is 0.185 e. The molecule has 118 valence electrons. The highest BCUT2D eigenvalue weighted by Gasteiger charge is 2.30. The molecule has 1 heterocycles. The molecule has 0 unspecified atom stereocenters. The van der Waals surface area contributed by atoms with Crippen LogP contribution in [0, 0.1) is 0 Å². The first-order valence-electron chi connectivity index (χ1n) is 7.35. The standard InChI is InChI=1S/C15H19N3O3S/c1-3-21-12-6-8-13(9-7-12)22(19,20)10-14-16-17-15(18(14)2)11-4-5-11/h6-9,11H,3-5,10H2,1-2H3. The second kappa shape index (κ2) is 5.72. The van der Waals surface area contributed by atoms with Gasteiger partial charge < -0.3 is 9.30 Å². The zero-order valence-corrected chi connectivity index (χ0v) is 13.5. The van der Waals surface area contributed by atoms with Crippen LogP contribution in [0.3, 0.4) is 0 Å². The van der Waals surface area contributed by atoms with Gasteiger partial charge in [0.15, 0.2) is 9.84 Å². The zero-order valence-electron chi connectivity index (χ0n) is 12.7. The molecule has 0 amide bonds. The predicted octanol–water partition coefficient (Wildman–Crippen LogP) is 2.07. The van der Waals surface area contributed by atoms with Crippen LogP contribution in [0.4, 0.5) is 0 Å². The van der Waals surface area contributed by atoms with E-state index in [0.29, 0.717) is 24.1 Å². The van der Waals surface area contributed by atoms with Crippen LogP contribution in [0.5, 0.6) is 5.75 Å². The Morgan fingerprint density at radius 1 is 1.23 bits per heavy atom. The van der Waals surface area contributed by atoms with Crippen molar-refractivity contribution in [3.8, 4) is 5.75 Å². The van der Waals surface area contributed by atoms with Gasteiger partial charge in [0.2, 0.25) is 0 Å². The van der Waals surface area contributed by atoms with E-state index in [-0.39, 0.29) is 10.6 Å². The Balaban J connectivity index is 1.80. The van der Waals surface area contributed by atoms with E-state index in [9.17, 15) is 8.42 Å². The highest BCUT2D eigenvalue weighted by Crippen LogP contribution is 2.38.